The van der Waals surface area contributed by atoms with Crippen molar-refractivity contribution in [3.8, 4) is 0 Å². The Bertz CT molecular complexity index is 1420. The van der Waals surface area contributed by atoms with Crippen LogP contribution in [0.15, 0.2) is 48.6 Å². The fourth-order valence-electron chi connectivity index (χ4n) is 8.90. The van der Waals surface area contributed by atoms with E-state index in [4.69, 9.17) is 18.9 Å². The maximum absolute atomic E-state index is 13.0. The number of hydrogen-bond acceptors (Lipinski definition) is 11. The fraction of sp³-hybridized carbons (Fsp3) is 0.845. The minimum atomic E-state index is -5.07. The molecular weight excluding hydrogens is 921 g/mol. The largest absolute Gasteiger partial charge is 0.457 e. The molecule has 0 aliphatic carbocycles. The van der Waals surface area contributed by atoms with E-state index in [2.05, 4.69) is 66.6 Å². The predicted molar refractivity (Wildman–Crippen MR) is 290 cm³/mol. The van der Waals surface area contributed by atoms with Gasteiger partial charge in [-0.25, -0.2) is 4.18 Å². The predicted octanol–water partition coefficient (Wildman–Crippen LogP) is 14.3. The van der Waals surface area contributed by atoms with Gasteiger partial charge in [-0.3, -0.25) is 9.35 Å². The second-order valence-corrected chi connectivity index (χ2v) is 20.9. The molecule has 1 aliphatic heterocycles. The summed E-state index contributed by atoms with van der Waals surface area (Å²) in [6.07, 6.45) is 52.9. The van der Waals surface area contributed by atoms with Crippen LogP contribution in [-0.4, -0.2) is 97.5 Å². The molecule has 0 radical (unpaired) electrons. The lowest BCUT2D eigenvalue weighted by atomic mass is 9.99. The van der Waals surface area contributed by atoms with Gasteiger partial charge in [-0.1, -0.05) is 242 Å². The van der Waals surface area contributed by atoms with Crippen LogP contribution in [0.2, 0.25) is 0 Å². The van der Waals surface area contributed by atoms with E-state index in [1.807, 2.05) is 0 Å². The van der Waals surface area contributed by atoms with Gasteiger partial charge in [0.25, 0.3) is 0 Å². The van der Waals surface area contributed by atoms with E-state index in [1.54, 1.807) is 0 Å². The summed E-state index contributed by atoms with van der Waals surface area (Å²) >= 11 is 0. The maximum atomic E-state index is 13.0. The first-order chi connectivity index (χ1) is 34.6. The second kappa shape index (κ2) is 49.0. The van der Waals surface area contributed by atoms with Gasteiger partial charge in [-0.05, 0) is 51.4 Å². The van der Waals surface area contributed by atoms with Gasteiger partial charge in [0.05, 0.1) is 19.8 Å². The molecule has 4 N–H and O–H groups in total. The van der Waals surface area contributed by atoms with Gasteiger partial charge in [0.2, 0.25) is 0 Å². The molecule has 0 spiro atoms. The first-order valence-electron chi connectivity index (χ1n) is 28.9. The minimum absolute atomic E-state index is 0.0369. The van der Waals surface area contributed by atoms with E-state index in [0.29, 0.717) is 13.0 Å². The number of unbranched alkanes of at least 4 members (excludes halogenated alkanes) is 30. The van der Waals surface area contributed by atoms with Crippen LogP contribution in [0.3, 0.4) is 0 Å². The summed E-state index contributed by atoms with van der Waals surface area (Å²) in [6.45, 7) is 3.93. The van der Waals surface area contributed by atoms with Crippen molar-refractivity contribution in [2.45, 2.75) is 288 Å². The van der Waals surface area contributed by atoms with Gasteiger partial charge in [0, 0.05) is 13.0 Å². The number of hydrogen-bond donors (Lipinski definition) is 4. The third kappa shape index (κ3) is 42.0. The van der Waals surface area contributed by atoms with Crippen LogP contribution >= 0.6 is 0 Å². The Morgan fingerprint density at radius 1 is 0.549 bits per heavy atom. The van der Waals surface area contributed by atoms with Crippen LogP contribution in [0.1, 0.15) is 251 Å². The van der Waals surface area contributed by atoms with Crippen LogP contribution < -0.4 is 0 Å². The zero-order chi connectivity index (χ0) is 51.7. The first kappa shape index (κ1) is 67.1. The summed E-state index contributed by atoms with van der Waals surface area (Å²) in [4.78, 5) is 13.0. The molecule has 0 bridgehead atoms. The highest BCUT2D eigenvalue weighted by Gasteiger charge is 2.48. The van der Waals surface area contributed by atoms with Crippen LogP contribution in [-0.2, 0) is 38.3 Å². The van der Waals surface area contributed by atoms with Gasteiger partial charge in [-0.2, -0.15) is 8.42 Å². The standard InChI is InChI=1S/C58H106O12S/c1-3-5-7-9-11-13-15-17-19-21-23-25-26-27-29-31-33-35-37-39-41-43-45-47-54(60)68-52(51-67-58-56(62)57(70-71(63,64)65)55(61)53(49-59)69-58)50-66-48-46-44-42-40-38-36-34-32-30-28-24-22-20-18-16-14-12-10-8-6-4-2/h5,7,11,13,17,19,23,25,52-53,55-59,61-62H,3-4,6,8-10,12,14-16,18,20-22,24,26-51H2,1-2H3,(H,63,64,65)/b7-5-,13-11-,19-17-,25-23-. The van der Waals surface area contributed by atoms with Crippen LogP contribution in [0.25, 0.3) is 0 Å². The van der Waals surface area contributed by atoms with Crippen molar-refractivity contribution >= 4 is 16.4 Å². The topological polar surface area (TPSA) is 178 Å². The Hall–Kier alpha value is -1.94. The van der Waals surface area contributed by atoms with Crippen LogP contribution in [0.4, 0.5) is 0 Å². The molecule has 1 fully saturated rings. The van der Waals surface area contributed by atoms with E-state index in [9.17, 15) is 33.1 Å². The molecule has 0 aromatic heterocycles. The lowest BCUT2D eigenvalue weighted by molar-refractivity contribution is -0.301. The van der Waals surface area contributed by atoms with Crippen molar-refractivity contribution < 1.29 is 56.2 Å². The summed E-state index contributed by atoms with van der Waals surface area (Å²) in [5.41, 5.74) is 0. The van der Waals surface area contributed by atoms with Crippen molar-refractivity contribution in [1.29, 1.82) is 0 Å². The molecule has 1 aliphatic rings. The summed E-state index contributed by atoms with van der Waals surface area (Å²) in [5, 5.41) is 30.8. The summed E-state index contributed by atoms with van der Waals surface area (Å²) < 4.78 is 59.4. The third-order valence-electron chi connectivity index (χ3n) is 13.2. The number of aliphatic hydroxyl groups excluding tert-OH is 3. The Labute approximate surface area is 434 Å². The number of ether oxygens (including phenoxy) is 4. The number of carbonyl (C=O) groups is 1. The van der Waals surface area contributed by atoms with Gasteiger partial charge in [0.1, 0.15) is 30.5 Å². The zero-order valence-electron chi connectivity index (χ0n) is 45.0. The molecule has 1 saturated heterocycles. The van der Waals surface area contributed by atoms with Crippen LogP contribution in [0, 0.1) is 0 Å². The molecule has 1 heterocycles. The summed E-state index contributed by atoms with van der Waals surface area (Å²) in [7, 11) is -5.07. The van der Waals surface area contributed by atoms with Crippen molar-refractivity contribution in [3.63, 3.8) is 0 Å². The van der Waals surface area contributed by atoms with Crippen molar-refractivity contribution in [3.05, 3.63) is 48.6 Å². The number of carbonyl (C=O) groups excluding carboxylic acids is 1. The highest BCUT2D eigenvalue weighted by molar-refractivity contribution is 7.80. The van der Waals surface area contributed by atoms with E-state index in [-0.39, 0.29) is 19.6 Å². The van der Waals surface area contributed by atoms with Gasteiger partial charge >= 0.3 is 16.4 Å². The SMILES string of the molecule is CC/C=C\C/C=C\C/C=C\C/C=C\CCCCCCCCCCCCC(=O)OC(COCCCCCCCCCCCCCCCCCCCCCCC)COC1OC(CO)C(O)C(OS(=O)(=O)O)C1O. The molecule has 6 atom stereocenters. The normalized spacial score (nSPS) is 19.3. The number of esters is 1. The molecule has 0 aromatic rings. The number of rotatable bonds is 51. The fourth-order valence-corrected chi connectivity index (χ4v) is 9.41. The molecule has 416 valence electrons. The molecule has 0 saturated carbocycles. The average Bonchev–Trinajstić information content (AvgIpc) is 3.35. The van der Waals surface area contributed by atoms with Crippen molar-refractivity contribution in [2.75, 3.05) is 26.4 Å². The lowest BCUT2D eigenvalue weighted by Crippen LogP contribution is -2.60. The maximum Gasteiger partial charge on any atom is 0.397 e. The van der Waals surface area contributed by atoms with E-state index in [1.165, 1.54) is 154 Å². The Morgan fingerprint density at radius 3 is 1.42 bits per heavy atom. The van der Waals surface area contributed by atoms with Crippen LogP contribution in [0.5, 0.6) is 0 Å². The molecule has 0 aromatic carbocycles. The highest BCUT2D eigenvalue weighted by Crippen LogP contribution is 2.26. The molecule has 1 rings (SSSR count). The van der Waals surface area contributed by atoms with E-state index >= 15 is 0 Å². The molecule has 0 amide bonds. The van der Waals surface area contributed by atoms with Gasteiger partial charge in [-0.15, -0.1) is 0 Å². The average molecular weight is 1030 g/mol. The summed E-state index contributed by atoms with van der Waals surface area (Å²) in [5.74, 6) is -0.400. The molecule has 12 nitrogen and oxygen atoms in total. The quantitative estimate of drug-likeness (QED) is 0.0196. The summed E-state index contributed by atoms with van der Waals surface area (Å²) in [6, 6.07) is 0. The van der Waals surface area contributed by atoms with E-state index in [0.717, 1.165) is 70.6 Å². The third-order valence-corrected chi connectivity index (χ3v) is 13.7. The Kier molecular flexibility index (Phi) is 46.3. The minimum Gasteiger partial charge on any atom is -0.457 e. The highest BCUT2D eigenvalue weighted by atomic mass is 32.3. The smallest absolute Gasteiger partial charge is 0.397 e. The molecule has 13 heteroatoms. The Morgan fingerprint density at radius 2 is 0.972 bits per heavy atom. The molecule has 71 heavy (non-hydrogen) atoms. The second-order valence-electron chi connectivity index (χ2n) is 19.9. The zero-order valence-corrected chi connectivity index (χ0v) is 45.9. The molecular formula is C58H106O12S. The lowest BCUT2D eigenvalue weighted by Gasteiger charge is -2.41. The first-order valence-corrected chi connectivity index (χ1v) is 30.3. The molecule has 6 unspecified atom stereocenters. The van der Waals surface area contributed by atoms with Gasteiger partial charge in [0.15, 0.2) is 6.29 Å². The number of allylic oxidation sites excluding steroid dienone is 8. The van der Waals surface area contributed by atoms with Gasteiger partial charge < -0.3 is 34.3 Å². The van der Waals surface area contributed by atoms with Crippen molar-refractivity contribution in [1.82, 2.24) is 0 Å². The number of aliphatic hydroxyl groups is 3. The van der Waals surface area contributed by atoms with Crippen molar-refractivity contribution in [2.24, 2.45) is 0 Å². The van der Waals surface area contributed by atoms with E-state index < -0.39 is 59.8 Å². The monoisotopic (exact) mass is 1030 g/mol. The Balaban J connectivity index is 2.29.